The first-order valence-electron chi connectivity index (χ1n) is 6.13. The molecule has 7 heteroatoms. The summed E-state index contributed by atoms with van der Waals surface area (Å²) >= 11 is 6.02. The number of halogens is 1. The van der Waals surface area contributed by atoms with Gasteiger partial charge < -0.3 is 4.74 Å². The zero-order chi connectivity index (χ0) is 15.6. The highest BCUT2D eigenvalue weighted by Crippen LogP contribution is 2.31. The van der Waals surface area contributed by atoms with E-state index in [1.54, 1.807) is 32.0 Å². The molecule has 0 radical (unpaired) electrons. The zero-order valence-electron chi connectivity index (χ0n) is 11.8. The lowest BCUT2D eigenvalue weighted by atomic mass is 10.2. The smallest absolute Gasteiger partial charge is 0.265 e. The maximum atomic E-state index is 12.5. The fourth-order valence-corrected chi connectivity index (χ4v) is 3.28. The Hall–Kier alpha value is -1.79. The molecule has 0 aliphatic carbocycles. The number of nitrogens with one attached hydrogen (secondary N) is 1. The lowest BCUT2D eigenvalue weighted by molar-refractivity contribution is 0.402. The molecule has 1 aromatic carbocycles. The number of nitrogens with zero attached hydrogens (tertiary/aromatic N) is 1. The van der Waals surface area contributed by atoms with Crippen LogP contribution in [-0.2, 0) is 10.0 Å². The van der Waals surface area contributed by atoms with Crippen molar-refractivity contribution in [1.29, 1.82) is 0 Å². The fraction of sp³-hybridized carbons (Fsp3) is 0.214. The fourth-order valence-electron chi connectivity index (χ4n) is 1.83. The van der Waals surface area contributed by atoms with Crippen molar-refractivity contribution in [3.63, 3.8) is 0 Å². The number of anilines is 1. The van der Waals surface area contributed by atoms with Crippen molar-refractivity contribution in [2.24, 2.45) is 0 Å². The minimum atomic E-state index is -3.80. The molecule has 0 aliphatic heterocycles. The average Bonchev–Trinajstić information content (AvgIpc) is 2.40. The SMILES string of the molecule is COc1cc(C)c(Cl)cc1S(=O)(=O)Nc1ccnc(C)c1. The molecule has 0 bridgehead atoms. The van der Waals surface area contributed by atoms with Crippen LogP contribution in [0.3, 0.4) is 0 Å². The number of methoxy groups -OCH3 is 1. The third kappa shape index (κ3) is 3.46. The third-order valence-electron chi connectivity index (χ3n) is 2.88. The Kier molecular flexibility index (Phi) is 4.39. The number of rotatable bonds is 4. The maximum Gasteiger partial charge on any atom is 0.265 e. The van der Waals surface area contributed by atoms with E-state index < -0.39 is 10.0 Å². The first kappa shape index (κ1) is 15.6. The largest absolute Gasteiger partial charge is 0.495 e. The Morgan fingerprint density at radius 1 is 1.24 bits per heavy atom. The number of hydrogen-bond acceptors (Lipinski definition) is 4. The number of hydrogen-bond donors (Lipinski definition) is 1. The topological polar surface area (TPSA) is 68.3 Å². The van der Waals surface area contributed by atoms with Crippen LogP contribution in [0.2, 0.25) is 5.02 Å². The number of benzene rings is 1. The molecule has 1 N–H and O–H groups in total. The van der Waals surface area contributed by atoms with Crippen molar-refractivity contribution in [3.8, 4) is 5.75 Å². The number of pyridine rings is 1. The van der Waals surface area contributed by atoms with Crippen LogP contribution in [0.5, 0.6) is 5.75 Å². The molecule has 2 rings (SSSR count). The minimum absolute atomic E-state index is 0.00457. The summed E-state index contributed by atoms with van der Waals surface area (Å²) in [6.07, 6.45) is 1.53. The Bertz CT molecular complexity index is 776. The summed E-state index contributed by atoms with van der Waals surface area (Å²) in [6, 6.07) is 6.19. The van der Waals surface area contributed by atoms with E-state index in [2.05, 4.69) is 9.71 Å². The summed E-state index contributed by atoms with van der Waals surface area (Å²) in [5.41, 5.74) is 1.89. The Morgan fingerprint density at radius 2 is 1.95 bits per heavy atom. The Balaban J connectivity index is 2.47. The van der Waals surface area contributed by atoms with Crippen LogP contribution in [0.25, 0.3) is 0 Å². The Morgan fingerprint density at radius 3 is 2.57 bits per heavy atom. The molecule has 21 heavy (non-hydrogen) atoms. The summed E-state index contributed by atoms with van der Waals surface area (Å²) in [5, 5.41) is 0.363. The second-order valence-electron chi connectivity index (χ2n) is 4.54. The summed E-state index contributed by atoms with van der Waals surface area (Å²) in [6.45, 7) is 3.56. The van der Waals surface area contributed by atoms with Crippen molar-refractivity contribution >= 4 is 27.3 Å². The van der Waals surface area contributed by atoms with Crippen LogP contribution in [0, 0.1) is 13.8 Å². The van der Waals surface area contributed by atoms with Crippen molar-refractivity contribution in [2.45, 2.75) is 18.7 Å². The molecule has 0 saturated carbocycles. The highest BCUT2D eigenvalue weighted by Gasteiger charge is 2.21. The Labute approximate surface area is 129 Å². The zero-order valence-corrected chi connectivity index (χ0v) is 13.4. The molecular formula is C14H15ClN2O3S. The second-order valence-corrected chi connectivity index (χ2v) is 6.60. The summed E-state index contributed by atoms with van der Waals surface area (Å²) in [7, 11) is -2.38. The van der Waals surface area contributed by atoms with Crippen LogP contribution in [-0.4, -0.2) is 20.5 Å². The van der Waals surface area contributed by atoms with Gasteiger partial charge in [-0.3, -0.25) is 9.71 Å². The summed E-state index contributed by atoms with van der Waals surface area (Å²) in [4.78, 5) is 4.02. The molecule has 5 nitrogen and oxygen atoms in total. The quantitative estimate of drug-likeness (QED) is 0.937. The van der Waals surface area contributed by atoms with E-state index >= 15 is 0 Å². The molecule has 2 aromatic rings. The number of ether oxygens (including phenoxy) is 1. The molecule has 1 heterocycles. The van der Waals surface area contributed by atoms with Gasteiger partial charge in [0.15, 0.2) is 0 Å². The van der Waals surface area contributed by atoms with E-state index in [1.807, 2.05) is 0 Å². The van der Waals surface area contributed by atoms with Gasteiger partial charge in [0.2, 0.25) is 0 Å². The van der Waals surface area contributed by atoms with Crippen LogP contribution < -0.4 is 9.46 Å². The van der Waals surface area contributed by atoms with Gasteiger partial charge in [-0.15, -0.1) is 0 Å². The molecule has 0 saturated heterocycles. The van der Waals surface area contributed by atoms with E-state index in [0.29, 0.717) is 16.4 Å². The van der Waals surface area contributed by atoms with Gasteiger partial charge in [0.25, 0.3) is 10.0 Å². The first-order chi connectivity index (χ1) is 9.83. The second kappa shape index (κ2) is 5.91. The minimum Gasteiger partial charge on any atom is -0.495 e. The van der Waals surface area contributed by atoms with Gasteiger partial charge in [0.05, 0.1) is 12.8 Å². The summed E-state index contributed by atoms with van der Waals surface area (Å²) < 4.78 is 32.6. The van der Waals surface area contributed by atoms with Gasteiger partial charge in [-0.2, -0.15) is 0 Å². The van der Waals surface area contributed by atoms with Gasteiger partial charge >= 0.3 is 0 Å². The maximum absolute atomic E-state index is 12.5. The average molecular weight is 327 g/mol. The van der Waals surface area contributed by atoms with Crippen molar-refractivity contribution in [1.82, 2.24) is 4.98 Å². The molecule has 0 amide bonds. The molecule has 0 aliphatic rings. The standard InChI is InChI=1S/C14H15ClN2O3S/c1-9-6-13(20-3)14(8-12(9)15)21(18,19)17-11-4-5-16-10(2)7-11/h4-8H,1-3H3,(H,16,17). The van der Waals surface area contributed by atoms with Gasteiger partial charge in [-0.1, -0.05) is 11.6 Å². The van der Waals surface area contributed by atoms with E-state index in [9.17, 15) is 8.42 Å². The molecule has 0 unspecified atom stereocenters. The monoisotopic (exact) mass is 326 g/mol. The molecule has 112 valence electrons. The van der Waals surface area contributed by atoms with Crippen LogP contribution >= 0.6 is 11.6 Å². The first-order valence-corrected chi connectivity index (χ1v) is 7.99. The molecule has 0 spiro atoms. The third-order valence-corrected chi connectivity index (χ3v) is 4.69. The van der Waals surface area contributed by atoms with E-state index in [1.165, 1.54) is 19.4 Å². The lowest BCUT2D eigenvalue weighted by Crippen LogP contribution is -2.14. The molecule has 0 atom stereocenters. The van der Waals surface area contributed by atoms with E-state index in [0.717, 1.165) is 5.56 Å². The normalized spacial score (nSPS) is 11.2. The van der Waals surface area contributed by atoms with Gasteiger partial charge in [0, 0.05) is 16.9 Å². The number of aryl methyl sites for hydroxylation is 2. The van der Waals surface area contributed by atoms with Crippen LogP contribution in [0.4, 0.5) is 5.69 Å². The molecule has 0 fully saturated rings. The van der Waals surface area contributed by atoms with Crippen molar-refractivity contribution < 1.29 is 13.2 Å². The lowest BCUT2D eigenvalue weighted by Gasteiger charge is -2.13. The van der Waals surface area contributed by atoms with E-state index in [4.69, 9.17) is 16.3 Å². The van der Waals surface area contributed by atoms with Gasteiger partial charge in [0.1, 0.15) is 10.6 Å². The van der Waals surface area contributed by atoms with Crippen LogP contribution in [0.15, 0.2) is 35.4 Å². The summed E-state index contributed by atoms with van der Waals surface area (Å²) in [5.74, 6) is 0.246. The highest BCUT2D eigenvalue weighted by molar-refractivity contribution is 7.92. The number of aromatic nitrogens is 1. The number of sulfonamides is 1. The van der Waals surface area contributed by atoms with E-state index in [-0.39, 0.29) is 10.6 Å². The van der Waals surface area contributed by atoms with Crippen molar-refractivity contribution in [3.05, 3.63) is 46.7 Å². The molecular weight excluding hydrogens is 312 g/mol. The predicted octanol–water partition coefficient (Wildman–Crippen LogP) is 3.16. The van der Waals surface area contributed by atoms with Gasteiger partial charge in [-0.25, -0.2) is 8.42 Å². The molecule has 1 aromatic heterocycles. The predicted molar refractivity (Wildman–Crippen MR) is 82.5 cm³/mol. The van der Waals surface area contributed by atoms with Crippen molar-refractivity contribution in [2.75, 3.05) is 11.8 Å². The van der Waals surface area contributed by atoms with Crippen LogP contribution in [0.1, 0.15) is 11.3 Å². The highest BCUT2D eigenvalue weighted by atomic mass is 35.5. The van der Waals surface area contributed by atoms with Gasteiger partial charge in [-0.05, 0) is 43.7 Å².